The highest BCUT2D eigenvalue weighted by Crippen LogP contribution is 2.49. The molecule has 7 heteroatoms. The van der Waals surface area contributed by atoms with Crippen molar-refractivity contribution in [2.24, 2.45) is 0 Å². The van der Waals surface area contributed by atoms with E-state index in [1.54, 1.807) is 11.8 Å². The summed E-state index contributed by atoms with van der Waals surface area (Å²) in [7, 11) is 0. The lowest BCUT2D eigenvalue weighted by Crippen LogP contribution is -2.27. The van der Waals surface area contributed by atoms with Gasteiger partial charge in [0.05, 0.1) is 18.7 Å². The van der Waals surface area contributed by atoms with Crippen LogP contribution in [0, 0.1) is 0 Å². The number of hydrogen-bond donors (Lipinski definition) is 2. The molecule has 4 rings (SSSR count). The van der Waals surface area contributed by atoms with Crippen molar-refractivity contribution >= 4 is 28.4 Å². The van der Waals surface area contributed by atoms with Gasteiger partial charge in [0.2, 0.25) is 0 Å². The van der Waals surface area contributed by atoms with Gasteiger partial charge in [0.1, 0.15) is 11.4 Å². The Morgan fingerprint density at radius 3 is 2.81 bits per heavy atom. The topological polar surface area (TPSA) is 66.2 Å². The summed E-state index contributed by atoms with van der Waals surface area (Å²) >= 11 is 1.73. The maximum absolute atomic E-state index is 9.20. The van der Waals surface area contributed by atoms with Gasteiger partial charge in [-0.15, -0.1) is 0 Å². The molecule has 27 heavy (non-hydrogen) atoms. The highest BCUT2D eigenvalue weighted by atomic mass is 32.2. The maximum Gasteiger partial charge on any atom is 0.121 e. The van der Waals surface area contributed by atoms with E-state index < -0.39 is 0 Å². The zero-order valence-electron chi connectivity index (χ0n) is 15.8. The Bertz CT molecular complexity index is 951. The monoisotopic (exact) mass is 383 g/mol. The molecule has 0 aliphatic carbocycles. The predicted molar refractivity (Wildman–Crippen MR) is 110 cm³/mol. The van der Waals surface area contributed by atoms with Crippen LogP contribution in [0.1, 0.15) is 13.8 Å². The van der Waals surface area contributed by atoms with E-state index in [2.05, 4.69) is 51.9 Å². The number of rotatable bonds is 8. The van der Waals surface area contributed by atoms with Gasteiger partial charge in [0, 0.05) is 40.2 Å². The SMILES string of the molecule is CCN(CC)CCn1nc2c3c(c(NCCO)ccc31)Sc1cccnc1-2. The number of likely N-dealkylation sites (N-methyl/N-ethyl adjacent to an activating group) is 1. The quantitative estimate of drug-likeness (QED) is 0.487. The zero-order chi connectivity index (χ0) is 18.8. The normalized spacial score (nSPS) is 12.6. The van der Waals surface area contributed by atoms with E-state index in [9.17, 15) is 5.11 Å². The van der Waals surface area contributed by atoms with Crippen molar-refractivity contribution in [3.8, 4) is 11.4 Å². The van der Waals surface area contributed by atoms with Crippen molar-refractivity contribution < 1.29 is 5.11 Å². The van der Waals surface area contributed by atoms with Gasteiger partial charge >= 0.3 is 0 Å². The first-order valence-corrected chi connectivity index (χ1v) is 10.3. The summed E-state index contributed by atoms with van der Waals surface area (Å²) in [5.41, 5.74) is 4.11. The molecule has 0 amide bonds. The minimum absolute atomic E-state index is 0.107. The number of fused-ring (bicyclic) bond motifs is 2. The van der Waals surface area contributed by atoms with Crippen LogP contribution in [0.25, 0.3) is 22.3 Å². The van der Waals surface area contributed by atoms with Gasteiger partial charge in [-0.25, -0.2) is 0 Å². The fourth-order valence-electron chi connectivity index (χ4n) is 3.55. The van der Waals surface area contributed by atoms with E-state index in [0.29, 0.717) is 6.54 Å². The summed E-state index contributed by atoms with van der Waals surface area (Å²) in [4.78, 5) is 9.31. The van der Waals surface area contributed by atoms with Crippen LogP contribution in [0.15, 0.2) is 40.3 Å². The third-order valence-corrected chi connectivity index (χ3v) is 6.21. The van der Waals surface area contributed by atoms with Crippen LogP contribution in [0.5, 0.6) is 0 Å². The number of aliphatic hydroxyl groups is 1. The summed E-state index contributed by atoms with van der Waals surface area (Å²) in [5, 5.41) is 18.7. The molecule has 0 bridgehead atoms. The van der Waals surface area contributed by atoms with Crippen molar-refractivity contribution in [3.05, 3.63) is 30.5 Å². The number of hydrogen-bond acceptors (Lipinski definition) is 6. The molecule has 142 valence electrons. The van der Waals surface area contributed by atoms with Gasteiger partial charge in [-0.1, -0.05) is 25.6 Å². The summed E-state index contributed by atoms with van der Waals surface area (Å²) in [6.45, 7) is 8.95. The lowest BCUT2D eigenvalue weighted by atomic mass is 10.1. The summed E-state index contributed by atoms with van der Waals surface area (Å²) in [6, 6.07) is 8.29. The van der Waals surface area contributed by atoms with Crippen molar-refractivity contribution in [1.29, 1.82) is 0 Å². The molecule has 1 aliphatic heterocycles. The molecule has 0 spiro atoms. The number of benzene rings is 1. The molecule has 0 saturated carbocycles. The fraction of sp³-hybridized carbons (Fsp3) is 0.400. The highest BCUT2D eigenvalue weighted by molar-refractivity contribution is 8.00. The Kier molecular flexibility index (Phi) is 5.33. The van der Waals surface area contributed by atoms with Crippen LogP contribution in [0.3, 0.4) is 0 Å². The van der Waals surface area contributed by atoms with Gasteiger partial charge in [-0.2, -0.15) is 5.10 Å². The third kappa shape index (κ3) is 3.31. The molecular weight excluding hydrogens is 358 g/mol. The molecule has 0 atom stereocenters. The van der Waals surface area contributed by atoms with Gasteiger partial charge in [-0.3, -0.25) is 9.67 Å². The Morgan fingerprint density at radius 1 is 1.19 bits per heavy atom. The third-order valence-electron chi connectivity index (χ3n) is 5.03. The summed E-state index contributed by atoms with van der Waals surface area (Å²) < 4.78 is 2.12. The molecule has 2 N–H and O–H groups in total. The van der Waals surface area contributed by atoms with E-state index in [1.165, 1.54) is 4.90 Å². The zero-order valence-corrected chi connectivity index (χ0v) is 16.6. The number of anilines is 1. The van der Waals surface area contributed by atoms with Gasteiger partial charge in [0.15, 0.2) is 0 Å². The van der Waals surface area contributed by atoms with Crippen molar-refractivity contribution in [3.63, 3.8) is 0 Å². The largest absolute Gasteiger partial charge is 0.395 e. The Balaban J connectivity index is 1.82. The van der Waals surface area contributed by atoms with Crippen LogP contribution in [-0.2, 0) is 6.54 Å². The molecule has 0 unspecified atom stereocenters. The molecule has 1 aromatic carbocycles. The second-order valence-electron chi connectivity index (χ2n) is 6.54. The average molecular weight is 384 g/mol. The number of aliphatic hydroxyl groups excluding tert-OH is 1. The first kappa shape index (κ1) is 18.3. The van der Waals surface area contributed by atoms with E-state index in [1.807, 2.05) is 12.3 Å². The van der Waals surface area contributed by atoms with Crippen molar-refractivity contribution in [2.45, 2.75) is 30.2 Å². The van der Waals surface area contributed by atoms with Crippen molar-refractivity contribution in [1.82, 2.24) is 19.7 Å². The van der Waals surface area contributed by atoms with Crippen LogP contribution < -0.4 is 5.32 Å². The number of nitrogens with zero attached hydrogens (tertiary/aromatic N) is 4. The summed E-state index contributed by atoms with van der Waals surface area (Å²) in [5.74, 6) is 0. The molecule has 0 fully saturated rings. The second kappa shape index (κ2) is 7.88. The van der Waals surface area contributed by atoms with Gasteiger partial charge in [0.25, 0.3) is 0 Å². The Labute approximate surface area is 163 Å². The molecule has 0 saturated heterocycles. The smallest absolute Gasteiger partial charge is 0.121 e. The molecule has 3 aromatic rings. The fourth-order valence-corrected chi connectivity index (χ4v) is 4.72. The predicted octanol–water partition coefficient (Wildman–Crippen LogP) is 3.31. The molecule has 1 aliphatic rings. The Hall–Kier alpha value is -2.09. The van der Waals surface area contributed by atoms with Crippen LogP contribution in [0.2, 0.25) is 0 Å². The van der Waals surface area contributed by atoms with Crippen LogP contribution in [0.4, 0.5) is 5.69 Å². The standard InChI is InChI=1S/C20H25N5OS/c1-3-24(4-2)11-12-25-15-8-7-14(21-10-13-26)20-17(15)19(23-25)18-16(27-20)6-5-9-22-18/h5-9,21,26H,3-4,10-13H2,1-2H3. The van der Waals surface area contributed by atoms with Crippen LogP contribution >= 0.6 is 11.8 Å². The van der Waals surface area contributed by atoms with E-state index in [-0.39, 0.29) is 6.61 Å². The second-order valence-corrected chi connectivity index (χ2v) is 7.59. The lowest BCUT2D eigenvalue weighted by molar-refractivity contribution is 0.287. The highest BCUT2D eigenvalue weighted by Gasteiger charge is 2.26. The first-order valence-electron chi connectivity index (χ1n) is 9.50. The van der Waals surface area contributed by atoms with E-state index >= 15 is 0 Å². The number of pyridine rings is 1. The molecular formula is C20H25N5OS. The minimum atomic E-state index is 0.107. The van der Waals surface area contributed by atoms with Crippen LogP contribution in [-0.4, -0.2) is 57.6 Å². The first-order chi connectivity index (χ1) is 13.3. The maximum atomic E-state index is 9.20. The lowest BCUT2D eigenvalue weighted by Gasteiger charge is -2.18. The van der Waals surface area contributed by atoms with E-state index in [0.717, 1.165) is 59.1 Å². The minimum Gasteiger partial charge on any atom is -0.395 e. The molecule has 0 radical (unpaired) electrons. The van der Waals surface area contributed by atoms with Gasteiger partial charge < -0.3 is 15.3 Å². The number of nitrogens with one attached hydrogen (secondary N) is 1. The Morgan fingerprint density at radius 2 is 2.04 bits per heavy atom. The molecule has 6 nitrogen and oxygen atoms in total. The van der Waals surface area contributed by atoms with E-state index in [4.69, 9.17) is 5.10 Å². The summed E-state index contributed by atoms with van der Waals surface area (Å²) in [6.07, 6.45) is 1.83. The van der Waals surface area contributed by atoms with Crippen molar-refractivity contribution in [2.75, 3.05) is 38.1 Å². The molecule has 2 aromatic heterocycles. The van der Waals surface area contributed by atoms with Gasteiger partial charge in [-0.05, 0) is 37.4 Å². The molecule has 3 heterocycles. The average Bonchev–Trinajstić information content (AvgIpc) is 3.08. The number of aromatic nitrogens is 3.